The number of fused-ring (bicyclic) bond motifs is 2. The molecule has 2 rings (SSSR count). The predicted octanol–water partition coefficient (Wildman–Crippen LogP) is 2.38. The third-order valence-corrected chi connectivity index (χ3v) is 4.42. The Labute approximate surface area is 120 Å². The maximum absolute atomic E-state index is 12.3. The van der Waals surface area contributed by atoms with E-state index in [1.54, 1.807) is 6.08 Å². The van der Waals surface area contributed by atoms with E-state index in [-0.39, 0.29) is 36.5 Å². The molecule has 5 heteroatoms. The van der Waals surface area contributed by atoms with Crippen LogP contribution in [-0.2, 0) is 4.79 Å². The Morgan fingerprint density at radius 3 is 2.50 bits per heavy atom. The third-order valence-electron chi connectivity index (χ3n) is 4.42. The van der Waals surface area contributed by atoms with Crippen molar-refractivity contribution in [2.75, 3.05) is 0 Å². The number of aliphatic carboxylic acids is 1. The second kappa shape index (κ2) is 6.29. The Bertz CT molecular complexity index is 383. The number of hydrogen-bond donors (Lipinski definition) is 2. The Balaban J connectivity index is 1.93. The molecule has 2 amide bonds. The van der Waals surface area contributed by atoms with Gasteiger partial charge in [-0.05, 0) is 44.9 Å². The molecule has 0 saturated carbocycles. The predicted molar refractivity (Wildman–Crippen MR) is 76.4 cm³/mol. The van der Waals surface area contributed by atoms with Crippen molar-refractivity contribution in [3.05, 3.63) is 12.7 Å². The molecular formula is C15H24N2O3. The highest BCUT2D eigenvalue weighted by atomic mass is 16.4. The molecule has 2 bridgehead atoms. The zero-order chi connectivity index (χ0) is 14.7. The summed E-state index contributed by atoms with van der Waals surface area (Å²) in [5, 5.41) is 11.9. The third kappa shape index (κ3) is 3.32. The highest BCUT2D eigenvalue weighted by molar-refractivity contribution is 5.76. The number of carbonyl (C=O) groups excluding carboxylic acids is 1. The maximum Gasteiger partial charge on any atom is 0.318 e. The summed E-state index contributed by atoms with van der Waals surface area (Å²) in [5.41, 5.74) is 0. The largest absolute Gasteiger partial charge is 0.481 e. The Hall–Kier alpha value is -1.52. The van der Waals surface area contributed by atoms with E-state index in [0.717, 1.165) is 32.1 Å². The van der Waals surface area contributed by atoms with Gasteiger partial charge in [-0.2, -0.15) is 0 Å². The summed E-state index contributed by atoms with van der Waals surface area (Å²) in [5.74, 6) is -0.508. The number of carboxylic acids is 1. The van der Waals surface area contributed by atoms with E-state index in [2.05, 4.69) is 11.9 Å². The molecule has 0 aliphatic carbocycles. The van der Waals surface area contributed by atoms with Crippen molar-refractivity contribution in [3.8, 4) is 0 Å². The molecule has 2 aliphatic heterocycles. The van der Waals surface area contributed by atoms with Crippen LogP contribution in [0.3, 0.4) is 0 Å². The minimum absolute atomic E-state index is 0.000579. The fourth-order valence-corrected chi connectivity index (χ4v) is 3.63. The van der Waals surface area contributed by atoms with Crippen molar-refractivity contribution in [2.45, 2.75) is 63.6 Å². The van der Waals surface area contributed by atoms with Gasteiger partial charge in [-0.1, -0.05) is 6.08 Å². The molecular weight excluding hydrogens is 256 g/mol. The first kappa shape index (κ1) is 14.9. The van der Waals surface area contributed by atoms with Crippen LogP contribution < -0.4 is 5.32 Å². The van der Waals surface area contributed by atoms with Gasteiger partial charge in [-0.25, -0.2) is 4.79 Å². The molecule has 2 saturated heterocycles. The van der Waals surface area contributed by atoms with Crippen LogP contribution in [0.2, 0.25) is 0 Å². The van der Waals surface area contributed by atoms with Gasteiger partial charge in [0.1, 0.15) is 0 Å². The van der Waals surface area contributed by atoms with Crippen molar-refractivity contribution >= 4 is 12.0 Å². The van der Waals surface area contributed by atoms with Gasteiger partial charge in [0, 0.05) is 24.5 Å². The fourth-order valence-electron chi connectivity index (χ4n) is 3.63. The lowest BCUT2D eigenvalue weighted by Crippen LogP contribution is -2.52. The molecule has 2 aliphatic rings. The van der Waals surface area contributed by atoms with E-state index < -0.39 is 5.97 Å². The van der Waals surface area contributed by atoms with E-state index in [1.807, 2.05) is 11.8 Å². The number of nitrogens with one attached hydrogen (secondary N) is 1. The van der Waals surface area contributed by atoms with Crippen molar-refractivity contribution in [1.82, 2.24) is 10.2 Å². The molecule has 3 atom stereocenters. The monoisotopic (exact) mass is 280 g/mol. The van der Waals surface area contributed by atoms with Gasteiger partial charge in [0.05, 0.1) is 0 Å². The summed E-state index contributed by atoms with van der Waals surface area (Å²) >= 11 is 0. The Morgan fingerprint density at radius 1 is 1.40 bits per heavy atom. The molecule has 0 spiro atoms. The van der Waals surface area contributed by atoms with Gasteiger partial charge in [-0.3, -0.25) is 4.79 Å². The van der Waals surface area contributed by atoms with E-state index >= 15 is 0 Å². The van der Waals surface area contributed by atoms with Crippen LogP contribution >= 0.6 is 0 Å². The van der Waals surface area contributed by atoms with Crippen molar-refractivity contribution in [3.63, 3.8) is 0 Å². The fraction of sp³-hybridized carbons (Fsp3) is 0.733. The van der Waals surface area contributed by atoms with Crippen LogP contribution in [0.25, 0.3) is 0 Å². The van der Waals surface area contributed by atoms with Crippen LogP contribution in [0.4, 0.5) is 4.79 Å². The average molecular weight is 280 g/mol. The summed E-state index contributed by atoms with van der Waals surface area (Å²) in [6.07, 6.45) is 6.46. The minimum atomic E-state index is -0.730. The van der Waals surface area contributed by atoms with E-state index in [0.29, 0.717) is 0 Å². The summed E-state index contributed by atoms with van der Waals surface area (Å²) in [4.78, 5) is 25.1. The molecule has 0 aromatic carbocycles. The number of rotatable bonds is 5. The normalized spacial score (nSPS) is 29.9. The number of amides is 2. The van der Waals surface area contributed by atoms with Gasteiger partial charge < -0.3 is 15.3 Å². The molecule has 5 nitrogen and oxygen atoms in total. The van der Waals surface area contributed by atoms with E-state index in [9.17, 15) is 9.59 Å². The lowest BCUT2D eigenvalue weighted by molar-refractivity contribution is -0.138. The maximum atomic E-state index is 12.3. The first-order chi connectivity index (χ1) is 9.51. The van der Waals surface area contributed by atoms with Crippen LogP contribution in [-0.4, -0.2) is 40.1 Å². The lowest BCUT2D eigenvalue weighted by Gasteiger charge is -2.39. The van der Waals surface area contributed by atoms with E-state index in [1.165, 1.54) is 0 Å². The Kier molecular flexibility index (Phi) is 4.68. The number of nitrogens with zero attached hydrogens (tertiary/aromatic N) is 1. The zero-order valence-electron chi connectivity index (χ0n) is 12.0. The molecule has 2 fully saturated rings. The summed E-state index contributed by atoms with van der Waals surface area (Å²) in [6.45, 7) is 5.65. The first-order valence-corrected chi connectivity index (χ1v) is 7.42. The first-order valence-electron chi connectivity index (χ1n) is 7.42. The number of piperidine rings is 1. The number of urea groups is 1. The van der Waals surface area contributed by atoms with Crippen LogP contribution in [0.15, 0.2) is 12.7 Å². The molecule has 3 unspecified atom stereocenters. The van der Waals surface area contributed by atoms with Gasteiger partial charge in [0.15, 0.2) is 0 Å². The molecule has 0 aromatic heterocycles. The second-order valence-corrected chi connectivity index (χ2v) is 6.10. The average Bonchev–Trinajstić information content (AvgIpc) is 2.61. The quantitative estimate of drug-likeness (QED) is 0.760. The summed E-state index contributed by atoms with van der Waals surface area (Å²) in [6, 6.07) is 0.528. The Morgan fingerprint density at radius 2 is 2.00 bits per heavy atom. The standard InChI is InChI=1S/C15H24N2O3/c1-3-4-10(2)16-15(20)17-12-5-6-13(17)8-11(7-12)9-14(18)19/h3,10-13H,1,4-9H2,2H3,(H,16,20)(H,18,19). The van der Waals surface area contributed by atoms with Gasteiger partial charge in [0.2, 0.25) is 0 Å². The van der Waals surface area contributed by atoms with Crippen molar-refractivity contribution in [2.24, 2.45) is 5.92 Å². The topological polar surface area (TPSA) is 69.6 Å². The molecule has 2 N–H and O–H groups in total. The van der Waals surface area contributed by atoms with Crippen molar-refractivity contribution in [1.29, 1.82) is 0 Å². The van der Waals surface area contributed by atoms with Gasteiger partial charge in [0.25, 0.3) is 0 Å². The SMILES string of the molecule is C=CCC(C)NC(=O)N1C2CCC1CC(CC(=O)O)C2. The van der Waals surface area contributed by atoms with Crippen LogP contribution in [0.1, 0.15) is 45.4 Å². The van der Waals surface area contributed by atoms with Crippen LogP contribution in [0.5, 0.6) is 0 Å². The van der Waals surface area contributed by atoms with Gasteiger partial charge in [-0.15, -0.1) is 6.58 Å². The van der Waals surface area contributed by atoms with E-state index in [4.69, 9.17) is 5.11 Å². The molecule has 0 aromatic rings. The zero-order valence-corrected chi connectivity index (χ0v) is 12.0. The molecule has 20 heavy (non-hydrogen) atoms. The van der Waals surface area contributed by atoms with Crippen LogP contribution in [0, 0.1) is 5.92 Å². The number of carboxylic acid groups (broad SMARTS) is 1. The highest BCUT2D eigenvalue weighted by Crippen LogP contribution is 2.39. The summed E-state index contributed by atoms with van der Waals surface area (Å²) in [7, 11) is 0. The highest BCUT2D eigenvalue weighted by Gasteiger charge is 2.43. The molecule has 2 heterocycles. The molecule has 0 radical (unpaired) electrons. The van der Waals surface area contributed by atoms with Gasteiger partial charge >= 0.3 is 12.0 Å². The van der Waals surface area contributed by atoms with Crippen molar-refractivity contribution < 1.29 is 14.7 Å². The minimum Gasteiger partial charge on any atom is -0.481 e. The molecule has 112 valence electrons. The number of hydrogen-bond acceptors (Lipinski definition) is 2. The second-order valence-electron chi connectivity index (χ2n) is 6.10. The smallest absolute Gasteiger partial charge is 0.318 e. The lowest BCUT2D eigenvalue weighted by atomic mass is 9.88. The number of carbonyl (C=O) groups is 2. The summed E-state index contributed by atoms with van der Waals surface area (Å²) < 4.78 is 0.